The number of hydrogen-bond acceptors (Lipinski definition) is 4. The van der Waals surface area contributed by atoms with Gasteiger partial charge in [-0.25, -0.2) is 0 Å². The molecular formula is C24H38O4. The fraction of sp³-hybridized carbons (Fsp3) is 0.667. The molecule has 1 rings (SSSR count). The average Bonchev–Trinajstić information content (AvgIpc) is 2.65. The number of methoxy groups -OCH3 is 1. The summed E-state index contributed by atoms with van der Waals surface area (Å²) < 4.78 is 10.0. The van der Waals surface area contributed by atoms with Crippen molar-refractivity contribution in [3.8, 4) is 0 Å². The fourth-order valence-corrected chi connectivity index (χ4v) is 3.38. The maximum Gasteiger partial charge on any atom is 0.311 e. The third kappa shape index (κ3) is 8.04. The third-order valence-corrected chi connectivity index (χ3v) is 5.34. The molecule has 0 saturated heterocycles. The summed E-state index contributed by atoms with van der Waals surface area (Å²) in [7, 11) is 1.45. The predicted molar refractivity (Wildman–Crippen MR) is 113 cm³/mol. The van der Waals surface area contributed by atoms with E-state index in [1.54, 1.807) is 0 Å². The summed E-state index contributed by atoms with van der Waals surface area (Å²) in [5.74, 6) is -0.251. The second kappa shape index (κ2) is 11.2. The molecule has 0 amide bonds. The Bertz CT molecular complexity index is 631. The number of ether oxygens (including phenoxy) is 2. The number of esters is 2. The van der Waals surface area contributed by atoms with Gasteiger partial charge in [-0.05, 0) is 84.3 Å². The molecule has 0 heterocycles. The highest BCUT2D eigenvalue weighted by molar-refractivity contribution is 5.76. The minimum absolute atomic E-state index is 0.105. The minimum Gasteiger partial charge on any atom is -0.469 e. The van der Waals surface area contributed by atoms with Crippen molar-refractivity contribution in [3.05, 3.63) is 35.4 Å². The van der Waals surface area contributed by atoms with Crippen LogP contribution in [-0.4, -0.2) is 25.7 Å². The zero-order valence-electron chi connectivity index (χ0n) is 18.6. The first-order chi connectivity index (χ1) is 13.1. The van der Waals surface area contributed by atoms with Gasteiger partial charge in [0.25, 0.3) is 0 Å². The van der Waals surface area contributed by atoms with E-state index in [4.69, 9.17) is 9.47 Å². The molecule has 0 fully saturated rings. The summed E-state index contributed by atoms with van der Waals surface area (Å²) in [4.78, 5) is 23.7. The minimum atomic E-state index is -0.432. The van der Waals surface area contributed by atoms with E-state index in [2.05, 4.69) is 24.3 Å². The molecule has 4 heteroatoms. The molecule has 0 aliphatic carbocycles. The van der Waals surface area contributed by atoms with E-state index in [9.17, 15) is 9.59 Å². The van der Waals surface area contributed by atoms with Gasteiger partial charge in [0.1, 0.15) is 0 Å². The first-order valence-electron chi connectivity index (χ1n) is 10.5. The van der Waals surface area contributed by atoms with E-state index in [1.807, 2.05) is 34.6 Å². The van der Waals surface area contributed by atoms with Crippen molar-refractivity contribution in [2.45, 2.75) is 79.6 Å². The van der Waals surface area contributed by atoms with Crippen LogP contribution in [-0.2, 0) is 31.9 Å². The van der Waals surface area contributed by atoms with Gasteiger partial charge in [0.05, 0.1) is 24.5 Å². The largest absolute Gasteiger partial charge is 0.469 e. The summed E-state index contributed by atoms with van der Waals surface area (Å²) in [5.41, 5.74) is 1.80. The van der Waals surface area contributed by atoms with Crippen molar-refractivity contribution in [3.63, 3.8) is 0 Å². The molecule has 1 aromatic carbocycles. The smallest absolute Gasteiger partial charge is 0.311 e. The summed E-state index contributed by atoms with van der Waals surface area (Å²) in [5, 5.41) is 0. The van der Waals surface area contributed by atoms with E-state index in [1.165, 1.54) is 18.2 Å². The Balaban J connectivity index is 2.43. The Morgan fingerprint density at radius 2 is 1.39 bits per heavy atom. The molecule has 0 spiro atoms. The molecule has 0 aromatic heterocycles. The topological polar surface area (TPSA) is 52.6 Å². The van der Waals surface area contributed by atoms with Crippen LogP contribution in [0.4, 0.5) is 0 Å². The Hall–Kier alpha value is -1.84. The number of rotatable bonds is 12. The normalized spacial score (nSPS) is 11.9. The maximum absolute atomic E-state index is 12.0. The number of unbranched alkanes of at least 4 members (excludes halogenated alkanes) is 1. The number of benzene rings is 1. The molecule has 4 nitrogen and oxygen atoms in total. The SMILES string of the molecule is CCOC(=O)C(C)(C)CCCCc1cccc(CCCC(C)(C)C(=O)OC)c1. The summed E-state index contributed by atoms with van der Waals surface area (Å²) in [6, 6.07) is 8.69. The zero-order valence-corrected chi connectivity index (χ0v) is 18.6. The number of hydrogen-bond donors (Lipinski definition) is 0. The van der Waals surface area contributed by atoms with Gasteiger partial charge >= 0.3 is 11.9 Å². The number of carbonyl (C=O) groups is 2. The van der Waals surface area contributed by atoms with Crippen LogP contribution >= 0.6 is 0 Å². The van der Waals surface area contributed by atoms with Crippen molar-refractivity contribution in [2.75, 3.05) is 13.7 Å². The molecule has 0 unspecified atom stereocenters. The predicted octanol–water partition coefficient (Wildman–Crippen LogP) is 5.51. The van der Waals surface area contributed by atoms with E-state index < -0.39 is 10.8 Å². The fourth-order valence-electron chi connectivity index (χ4n) is 3.38. The van der Waals surface area contributed by atoms with Gasteiger partial charge in [0.15, 0.2) is 0 Å². The third-order valence-electron chi connectivity index (χ3n) is 5.34. The van der Waals surface area contributed by atoms with Crippen molar-refractivity contribution >= 4 is 11.9 Å². The molecule has 0 saturated carbocycles. The molecule has 28 heavy (non-hydrogen) atoms. The highest BCUT2D eigenvalue weighted by Crippen LogP contribution is 2.27. The Kier molecular flexibility index (Phi) is 9.71. The average molecular weight is 391 g/mol. The highest BCUT2D eigenvalue weighted by Gasteiger charge is 2.28. The molecule has 0 atom stereocenters. The van der Waals surface area contributed by atoms with Crippen LogP contribution in [0.1, 0.15) is 77.8 Å². The Morgan fingerprint density at radius 1 is 0.857 bits per heavy atom. The maximum atomic E-state index is 12.0. The van der Waals surface area contributed by atoms with Crippen LogP contribution in [0.15, 0.2) is 24.3 Å². The van der Waals surface area contributed by atoms with Crippen LogP contribution in [0, 0.1) is 10.8 Å². The van der Waals surface area contributed by atoms with Crippen molar-refractivity contribution in [1.29, 1.82) is 0 Å². The van der Waals surface area contributed by atoms with Gasteiger partial charge in [0, 0.05) is 0 Å². The molecule has 0 radical (unpaired) electrons. The molecule has 0 N–H and O–H groups in total. The van der Waals surface area contributed by atoms with Gasteiger partial charge in [-0.15, -0.1) is 0 Å². The molecule has 158 valence electrons. The van der Waals surface area contributed by atoms with Crippen molar-refractivity contribution in [1.82, 2.24) is 0 Å². The van der Waals surface area contributed by atoms with Gasteiger partial charge in [-0.1, -0.05) is 30.7 Å². The Morgan fingerprint density at radius 3 is 1.96 bits per heavy atom. The Labute approximate surface area is 171 Å². The second-order valence-corrected chi connectivity index (χ2v) is 8.86. The van der Waals surface area contributed by atoms with Crippen LogP contribution in [0.25, 0.3) is 0 Å². The first-order valence-corrected chi connectivity index (χ1v) is 10.5. The van der Waals surface area contributed by atoms with Gasteiger partial charge in [-0.2, -0.15) is 0 Å². The summed E-state index contributed by atoms with van der Waals surface area (Å²) >= 11 is 0. The first kappa shape index (κ1) is 24.2. The lowest BCUT2D eigenvalue weighted by Gasteiger charge is -2.22. The lowest BCUT2D eigenvalue weighted by molar-refractivity contribution is -0.154. The van der Waals surface area contributed by atoms with Crippen LogP contribution in [0.3, 0.4) is 0 Å². The van der Waals surface area contributed by atoms with E-state index in [0.29, 0.717) is 6.61 Å². The van der Waals surface area contributed by atoms with Crippen LogP contribution < -0.4 is 0 Å². The monoisotopic (exact) mass is 390 g/mol. The lowest BCUT2D eigenvalue weighted by Crippen LogP contribution is -2.26. The second-order valence-electron chi connectivity index (χ2n) is 8.86. The molecule has 1 aromatic rings. The van der Waals surface area contributed by atoms with E-state index in [-0.39, 0.29) is 11.9 Å². The molecular weight excluding hydrogens is 352 g/mol. The van der Waals surface area contributed by atoms with Gasteiger partial charge in [-0.3, -0.25) is 9.59 Å². The van der Waals surface area contributed by atoms with Crippen molar-refractivity contribution < 1.29 is 19.1 Å². The van der Waals surface area contributed by atoms with E-state index in [0.717, 1.165) is 44.9 Å². The highest BCUT2D eigenvalue weighted by atomic mass is 16.5. The number of aryl methyl sites for hydroxylation is 2. The quantitative estimate of drug-likeness (QED) is 0.349. The zero-order chi connectivity index (χ0) is 21.2. The van der Waals surface area contributed by atoms with Crippen LogP contribution in [0.5, 0.6) is 0 Å². The molecule has 0 aliphatic rings. The molecule has 0 bridgehead atoms. The van der Waals surface area contributed by atoms with Gasteiger partial charge in [0.2, 0.25) is 0 Å². The van der Waals surface area contributed by atoms with Gasteiger partial charge < -0.3 is 9.47 Å². The summed E-state index contributed by atoms with van der Waals surface area (Å²) in [6.07, 6.45) is 6.65. The summed E-state index contributed by atoms with van der Waals surface area (Å²) in [6.45, 7) is 10.1. The standard InChI is InChI=1S/C24H38O4/c1-7-28-22(26)24(4,5)16-9-8-12-19-13-10-14-20(18-19)15-11-17-23(2,3)21(25)27-6/h10,13-14,18H,7-9,11-12,15-17H2,1-6H3. The van der Waals surface area contributed by atoms with E-state index >= 15 is 0 Å². The van der Waals surface area contributed by atoms with Crippen LogP contribution in [0.2, 0.25) is 0 Å². The lowest BCUT2D eigenvalue weighted by atomic mass is 9.86. The molecule has 0 aliphatic heterocycles. The van der Waals surface area contributed by atoms with Crippen molar-refractivity contribution in [2.24, 2.45) is 10.8 Å². The number of carbonyl (C=O) groups excluding carboxylic acids is 2.